The van der Waals surface area contributed by atoms with E-state index in [0.29, 0.717) is 10.8 Å². The molecule has 8 bridgehead atoms. The van der Waals surface area contributed by atoms with Crippen molar-refractivity contribution in [3.05, 3.63) is 48.5 Å². The highest BCUT2D eigenvalue weighted by atomic mass is 31.1. The van der Waals surface area contributed by atoms with Crippen molar-refractivity contribution in [1.29, 1.82) is 0 Å². The standard InChI is InChI=1S/C34H44P2/c1-3-7-31(35-21-33-15-23-9-24(16-33)11-25(10-23)17-33)29(5-1)30-6-2-4-8-32(30)36-22-34-18-26-12-27(19-34)14-28(13-26)20-34/h1-8,23-28,35-36H,9-22H2. The molecule has 0 heterocycles. The number of hydrogen-bond acceptors (Lipinski definition) is 0. The fourth-order valence-electron chi connectivity index (χ4n) is 11.3. The molecule has 0 spiro atoms. The lowest BCUT2D eigenvalue weighted by Crippen LogP contribution is -2.47. The quantitative estimate of drug-likeness (QED) is 0.326. The van der Waals surface area contributed by atoms with Gasteiger partial charge in [0.1, 0.15) is 0 Å². The Morgan fingerprint density at radius 3 is 1.11 bits per heavy atom. The van der Waals surface area contributed by atoms with Gasteiger partial charge >= 0.3 is 0 Å². The van der Waals surface area contributed by atoms with E-state index in [1.54, 1.807) is 98.8 Å². The smallest absolute Gasteiger partial charge is 0.0103 e. The van der Waals surface area contributed by atoms with Crippen molar-refractivity contribution < 1.29 is 0 Å². The van der Waals surface area contributed by atoms with Gasteiger partial charge in [0.25, 0.3) is 0 Å². The van der Waals surface area contributed by atoms with Gasteiger partial charge in [-0.3, -0.25) is 0 Å². The zero-order valence-corrected chi connectivity index (χ0v) is 24.0. The summed E-state index contributed by atoms with van der Waals surface area (Å²) in [4.78, 5) is 0. The van der Waals surface area contributed by atoms with E-state index < -0.39 is 0 Å². The van der Waals surface area contributed by atoms with E-state index in [9.17, 15) is 0 Å². The van der Waals surface area contributed by atoms with Crippen LogP contribution in [-0.2, 0) is 0 Å². The maximum atomic E-state index is 2.48. The van der Waals surface area contributed by atoms with Gasteiger partial charge in [0, 0.05) is 0 Å². The molecule has 8 fully saturated rings. The Morgan fingerprint density at radius 2 is 0.778 bits per heavy atom. The minimum absolute atomic E-state index is 0.695. The fourth-order valence-corrected chi connectivity index (χ4v) is 14.6. The first-order chi connectivity index (χ1) is 17.6. The summed E-state index contributed by atoms with van der Waals surface area (Å²) in [6.45, 7) is 0. The summed E-state index contributed by atoms with van der Waals surface area (Å²) >= 11 is 0. The van der Waals surface area contributed by atoms with Crippen molar-refractivity contribution in [2.75, 3.05) is 12.3 Å². The molecule has 2 atom stereocenters. The first-order valence-corrected chi connectivity index (χ1v) is 17.7. The van der Waals surface area contributed by atoms with Gasteiger partial charge in [-0.15, -0.1) is 0 Å². The van der Waals surface area contributed by atoms with Crippen molar-refractivity contribution >= 4 is 27.8 Å². The van der Waals surface area contributed by atoms with E-state index in [4.69, 9.17) is 0 Å². The topological polar surface area (TPSA) is 0 Å². The Bertz CT molecular complexity index is 971. The lowest BCUT2D eigenvalue weighted by molar-refractivity contribution is -0.0385. The molecule has 2 heteroatoms. The second-order valence-electron chi connectivity index (χ2n) is 14.6. The molecule has 0 amide bonds. The van der Waals surface area contributed by atoms with Crippen LogP contribution in [-0.4, -0.2) is 12.3 Å². The van der Waals surface area contributed by atoms with Crippen LogP contribution in [0, 0.1) is 46.3 Å². The molecule has 0 aromatic heterocycles. The third kappa shape index (κ3) is 4.17. The van der Waals surface area contributed by atoms with Crippen LogP contribution >= 0.6 is 17.2 Å². The van der Waals surface area contributed by atoms with Crippen LogP contribution in [0.15, 0.2) is 48.5 Å². The Balaban J connectivity index is 1.02. The highest BCUT2D eigenvalue weighted by Gasteiger charge is 2.51. The van der Waals surface area contributed by atoms with Crippen molar-refractivity contribution in [2.24, 2.45) is 46.3 Å². The summed E-state index contributed by atoms with van der Waals surface area (Å²) in [5.74, 6) is 6.43. The number of rotatable bonds is 7. The zero-order valence-electron chi connectivity index (χ0n) is 22.0. The van der Waals surface area contributed by atoms with E-state index in [1.807, 2.05) is 0 Å². The molecule has 8 aliphatic rings. The van der Waals surface area contributed by atoms with Crippen LogP contribution in [0.2, 0.25) is 0 Å². The summed E-state index contributed by atoms with van der Waals surface area (Å²) in [6.07, 6.45) is 21.6. The first kappa shape index (κ1) is 23.2. The monoisotopic (exact) mass is 514 g/mol. The Hall–Kier alpha value is -0.700. The Kier molecular flexibility index (Phi) is 5.75. The lowest BCUT2D eigenvalue weighted by Gasteiger charge is -2.57. The van der Waals surface area contributed by atoms with E-state index in [1.165, 1.54) is 12.3 Å². The Labute approximate surface area is 222 Å². The molecule has 8 saturated carbocycles. The van der Waals surface area contributed by atoms with Crippen molar-refractivity contribution in [1.82, 2.24) is 0 Å². The molecule has 0 aliphatic heterocycles. The molecule has 0 N–H and O–H groups in total. The molecule has 2 aromatic carbocycles. The van der Waals surface area contributed by atoms with Gasteiger partial charge in [0.2, 0.25) is 0 Å². The first-order valence-electron chi connectivity index (χ1n) is 15.3. The molecule has 2 aromatic rings. The van der Waals surface area contributed by atoms with Gasteiger partial charge in [0.05, 0.1) is 0 Å². The lowest BCUT2D eigenvalue weighted by atomic mass is 9.50. The summed E-state index contributed by atoms with van der Waals surface area (Å²) in [7, 11) is 1.96. The third-order valence-corrected chi connectivity index (χ3v) is 15.3. The maximum Gasteiger partial charge on any atom is -0.0103 e. The molecule has 2 unspecified atom stereocenters. The average molecular weight is 515 g/mol. The third-order valence-electron chi connectivity index (χ3n) is 11.8. The van der Waals surface area contributed by atoms with Gasteiger partial charge in [-0.1, -0.05) is 65.7 Å². The molecule has 190 valence electrons. The van der Waals surface area contributed by atoms with Crippen LogP contribution in [0.4, 0.5) is 0 Å². The van der Waals surface area contributed by atoms with E-state index in [2.05, 4.69) is 48.5 Å². The molecule has 0 radical (unpaired) electrons. The molecule has 36 heavy (non-hydrogen) atoms. The molecule has 0 saturated heterocycles. The molecule has 8 aliphatic carbocycles. The van der Waals surface area contributed by atoms with Crippen LogP contribution in [0.25, 0.3) is 11.1 Å². The summed E-state index contributed by atoms with van der Waals surface area (Å²) < 4.78 is 0. The number of hydrogen-bond donors (Lipinski definition) is 0. The predicted octanol–water partition coefficient (Wildman–Crippen LogP) is 8.39. The van der Waals surface area contributed by atoms with E-state index in [-0.39, 0.29) is 0 Å². The normalized spacial score (nSPS) is 42.4. The molecule has 10 rings (SSSR count). The van der Waals surface area contributed by atoms with Crippen molar-refractivity contribution in [3.8, 4) is 11.1 Å². The number of benzene rings is 2. The van der Waals surface area contributed by atoms with E-state index in [0.717, 1.165) is 52.7 Å². The maximum absolute atomic E-state index is 2.48. The Morgan fingerprint density at radius 1 is 0.472 bits per heavy atom. The average Bonchev–Trinajstić information content (AvgIpc) is 2.85. The van der Waals surface area contributed by atoms with Crippen molar-refractivity contribution in [2.45, 2.75) is 77.0 Å². The zero-order chi connectivity index (χ0) is 23.7. The van der Waals surface area contributed by atoms with Gasteiger partial charge in [-0.05, 0) is 157 Å². The fraction of sp³-hybridized carbons (Fsp3) is 0.647. The van der Waals surface area contributed by atoms with Gasteiger partial charge in [-0.25, -0.2) is 0 Å². The van der Waals surface area contributed by atoms with Crippen LogP contribution in [0.3, 0.4) is 0 Å². The minimum Gasteiger partial charge on any atom is -0.0892 e. The highest BCUT2D eigenvalue weighted by molar-refractivity contribution is 7.48. The summed E-state index contributed by atoms with van der Waals surface area (Å²) in [5, 5.41) is 3.31. The molecular weight excluding hydrogens is 470 g/mol. The summed E-state index contributed by atoms with van der Waals surface area (Å²) in [6, 6.07) is 19.1. The predicted molar refractivity (Wildman–Crippen MR) is 159 cm³/mol. The summed E-state index contributed by atoms with van der Waals surface area (Å²) in [5.41, 5.74) is 4.52. The van der Waals surface area contributed by atoms with Crippen molar-refractivity contribution in [3.63, 3.8) is 0 Å². The van der Waals surface area contributed by atoms with Gasteiger partial charge in [0.15, 0.2) is 0 Å². The second kappa shape index (κ2) is 8.92. The van der Waals surface area contributed by atoms with Gasteiger partial charge < -0.3 is 0 Å². The molecule has 0 nitrogen and oxygen atoms in total. The van der Waals surface area contributed by atoms with Crippen LogP contribution in [0.5, 0.6) is 0 Å². The second-order valence-corrected chi connectivity index (χ2v) is 17.1. The molecular formula is C34H44P2. The largest absolute Gasteiger partial charge is 0.0892 e. The van der Waals surface area contributed by atoms with E-state index >= 15 is 0 Å². The minimum atomic E-state index is 0.695. The highest BCUT2D eigenvalue weighted by Crippen LogP contribution is 2.62. The van der Waals surface area contributed by atoms with Gasteiger partial charge in [-0.2, -0.15) is 0 Å². The SMILES string of the molecule is c1ccc(-c2ccccc2PCC23CC4CC(CC(C4)C2)C3)c(PCC23CC4CC(CC(C4)C2)C3)c1. The van der Waals surface area contributed by atoms with Crippen LogP contribution < -0.4 is 10.6 Å². The van der Waals surface area contributed by atoms with Crippen LogP contribution in [0.1, 0.15) is 77.0 Å².